The van der Waals surface area contributed by atoms with Crippen LogP contribution in [0.25, 0.3) is 0 Å². The van der Waals surface area contributed by atoms with Crippen molar-refractivity contribution in [2.75, 3.05) is 26.3 Å². The van der Waals surface area contributed by atoms with Crippen LogP contribution in [0.4, 0.5) is 0 Å². The fourth-order valence-corrected chi connectivity index (χ4v) is 2.35. The summed E-state index contributed by atoms with van der Waals surface area (Å²) < 4.78 is 11.1. The van der Waals surface area contributed by atoms with Crippen LogP contribution in [-0.2, 0) is 4.79 Å². The molecule has 4 heteroatoms. The lowest BCUT2D eigenvalue weighted by atomic mass is 9.99. The van der Waals surface area contributed by atoms with Gasteiger partial charge in [0.05, 0.1) is 6.61 Å². The summed E-state index contributed by atoms with van der Waals surface area (Å²) in [6.45, 7) is 6.85. The summed E-state index contributed by atoms with van der Waals surface area (Å²) in [5.74, 6) is 2.34. The van der Waals surface area contributed by atoms with Crippen LogP contribution >= 0.6 is 0 Å². The SMILES string of the molecule is CCCOc1ccc(OCC(=O)N2CCC(C)CC2)cc1. The van der Waals surface area contributed by atoms with Crippen LogP contribution in [-0.4, -0.2) is 37.1 Å². The summed E-state index contributed by atoms with van der Waals surface area (Å²) in [5.41, 5.74) is 0. The first-order valence-electron chi connectivity index (χ1n) is 7.82. The summed E-state index contributed by atoms with van der Waals surface area (Å²) in [5, 5.41) is 0. The molecule has 4 nitrogen and oxygen atoms in total. The summed E-state index contributed by atoms with van der Waals surface area (Å²) in [6, 6.07) is 7.43. The molecule has 0 N–H and O–H groups in total. The Morgan fingerprint density at radius 2 is 1.71 bits per heavy atom. The standard InChI is InChI=1S/C17H25NO3/c1-3-12-20-15-4-6-16(7-5-15)21-13-17(19)18-10-8-14(2)9-11-18/h4-7,14H,3,8-13H2,1-2H3. The minimum atomic E-state index is 0.0770. The van der Waals surface area contributed by atoms with Gasteiger partial charge in [0, 0.05) is 13.1 Å². The van der Waals surface area contributed by atoms with Crippen molar-refractivity contribution in [2.24, 2.45) is 5.92 Å². The van der Waals surface area contributed by atoms with Gasteiger partial charge in [-0.15, -0.1) is 0 Å². The molecule has 1 amide bonds. The second-order valence-electron chi connectivity index (χ2n) is 5.67. The number of carbonyl (C=O) groups is 1. The number of amides is 1. The second-order valence-corrected chi connectivity index (χ2v) is 5.67. The maximum Gasteiger partial charge on any atom is 0.260 e. The van der Waals surface area contributed by atoms with Gasteiger partial charge in [0.2, 0.25) is 0 Å². The lowest BCUT2D eigenvalue weighted by Crippen LogP contribution is -2.40. The van der Waals surface area contributed by atoms with Gasteiger partial charge in [0.25, 0.3) is 5.91 Å². The predicted octanol–water partition coefficient (Wildman–Crippen LogP) is 3.11. The first kappa shape index (κ1) is 15.7. The summed E-state index contributed by atoms with van der Waals surface area (Å²) in [6.07, 6.45) is 3.17. The van der Waals surface area contributed by atoms with Crippen molar-refractivity contribution in [3.8, 4) is 11.5 Å². The number of nitrogens with zero attached hydrogens (tertiary/aromatic N) is 1. The number of carbonyl (C=O) groups excluding carboxylic acids is 1. The van der Waals surface area contributed by atoms with Gasteiger partial charge in [-0.25, -0.2) is 0 Å². The predicted molar refractivity (Wildman–Crippen MR) is 82.7 cm³/mol. The highest BCUT2D eigenvalue weighted by Gasteiger charge is 2.20. The molecule has 0 aliphatic carbocycles. The minimum Gasteiger partial charge on any atom is -0.494 e. The molecule has 1 fully saturated rings. The minimum absolute atomic E-state index is 0.0770. The third-order valence-electron chi connectivity index (χ3n) is 3.80. The molecule has 0 saturated carbocycles. The monoisotopic (exact) mass is 291 g/mol. The zero-order chi connectivity index (χ0) is 15.1. The Kier molecular flexibility index (Phi) is 5.90. The van der Waals surface area contributed by atoms with Crippen molar-refractivity contribution >= 4 is 5.91 Å². The van der Waals surface area contributed by atoms with E-state index in [-0.39, 0.29) is 12.5 Å². The summed E-state index contributed by atoms with van der Waals surface area (Å²) >= 11 is 0. The average Bonchev–Trinajstić information content (AvgIpc) is 2.52. The van der Waals surface area contributed by atoms with Gasteiger partial charge < -0.3 is 14.4 Å². The van der Waals surface area contributed by atoms with E-state index in [0.29, 0.717) is 12.4 Å². The summed E-state index contributed by atoms with van der Waals surface area (Å²) in [7, 11) is 0. The van der Waals surface area contributed by atoms with E-state index in [1.807, 2.05) is 29.2 Å². The first-order valence-corrected chi connectivity index (χ1v) is 7.82. The van der Waals surface area contributed by atoms with E-state index in [1.54, 1.807) is 0 Å². The molecule has 1 aromatic carbocycles. The molecule has 116 valence electrons. The van der Waals surface area contributed by atoms with Crippen LogP contribution in [0.1, 0.15) is 33.1 Å². The molecular formula is C17H25NO3. The number of piperidine rings is 1. The third-order valence-corrected chi connectivity index (χ3v) is 3.80. The zero-order valence-electron chi connectivity index (χ0n) is 13.0. The van der Waals surface area contributed by atoms with Crippen LogP contribution < -0.4 is 9.47 Å². The van der Waals surface area contributed by atoms with E-state index >= 15 is 0 Å². The van der Waals surface area contributed by atoms with Crippen molar-refractivity contribution in [1.82, 2.24) is 4.90 Å². The van der Waals surface area contributed by atoms with Crippen LogP contribution in [0.5, 0.6) is 11.5 Å². The Morgan fingerprint density at radius 3 is 2.29 bits per heavy atom. The third kappa shape index (κ3) is 4.96. The highest BCUT2D eigenvalue weighted by Crippen LogP contribution is 2.19. The van der Waals surface area contributed by atoms with Crippen LogP contribution in [0.3, 0.4) is 0 Å². The fourth-order valence-electron chi connectivity index (χ4n) is 2.35. The molecule has 1 aromatic rings. The molecule has 2 rings (SSSR count). The van der Waals surface area contributed by atoms with Gasteiger partial charge >= 0.3 is 0 Å². The average molecular weight is 291 g/mol. The Bertz CT molecular complexity index is 436. The molecule has 0 unspecified atom stereocenters. The maximum absolute atomic E-state index is 12.1. The number of hydrogen-bond donors (Lipinski definition) is 0. The second kappa shape index (κ2) is 7.91. The van der Waals surface area contributed by atoms with E-state index in [2.05, 4.69) is 13.8 Å². The Morgan fingerprint density at radius 1 is 1.14 bits per heavy atom. The number of ether oxygens (including phenoxy) is 2. The lowest BCUT2D eigenvalue weighted by Gasteiger charge is -2.30. The van der Waals surface area contributed by atoms with E-state index in [9.17, 15) is 4.79 Å². The molecule has 0 atom stereocenters. The fraction of sp³-hybridized carbons (Fsp3) is 0.588. The molecule has 1 saturated heterocycles. The summed E-state index contributed by atoms with van der Waals surface area (Å²) in [4.78, 5) is 14.0. The van der Waals surface area contributed by atoms with E-state index in [0.717, 1.165) is 44.0 Å². The lowest BCUT2D eigenvalue weighted by molar-refractivity contribution is -0.134. The van der Waals surface area contributed by atoms with Gasteiger partial charge in [-0.3, -0.25) is 4.79 Å². The Balaban J connectivity index is 1.75. The molecule has 1 aliphatic rings. The van der Waals surface area contributed by atoms with Crippen molar-refractivity contribution in [2.45, 2.75) is 33.1 Å². The topological polar surface area (TPSA) is 38.8 Å². The van der Waals surface area contributed by atoms with Crippen LogP contribution in [0.2, 0.25) is 0 Å². The largest absolute Gasteiger partial charge is 0.494 e. The smallest absolute Gasteiger partial charge is 0.260 e. The highest BCUT2D eigenvalue weighted by molar-refractivity contribution is 5.77. The number of rotatable bonds is 6. The maximum atomic E-state index is 12.1. The van der Waals surface area contributed by atoms with Crippen molar-refractivity contribution in [1.29, 1.82) is 0 Å². The highest BCUT2D eigenvalue weighted by atomic mass is 16.5. The van der Waals surface area contributed by atoms with Crippen molar-refractivity contribution in [3.63, 3.8) is 0 Å². The molecule has 21 heavy (non-hydrogen) atoms. The van der Waals surface area contributed by atoms with Crippen LogP contribution in [0.15, 0.2) is 24.3 Å². The molecular weight excluding hydrogens is 266 g/mol. The Labute approximate surface area is 127 Å². The van der Waals surface area contributed by atoms with Crippen LogP contribution in [0, 0.1) is 5.92 Å². The molecule has 0 spiro atoms. The quantitative estimate of drug-likeness (QED) is 0.808. The van der Waals surface area contributed by atoms with Crippen molar-refractivity contribution in [3.05, 3.63) is 24.3 Å². The van der Waals surface area contributed by atoms with Crippen molar-refractivity contribution < 1.29 is 14.3 Å². The van der Waals surface area contributed by atoms with E-state index in [4.69, 9.17) is 9.47 Å². The van der Waals surface area contributed by atoms with Gasteiger partial charge in [0.15, 0.2) is 6.61 Å². The Hall–Kier alpha value is -1.71. The molecule has 0 radical (unpaired) electrons. The van der Waals surface area contributed by atoms with Gasteiger partial charge in [0.1, 0.15) is 11.5 Å². The molecule has 0 aromatic heterocycles. The van der Waals surface area contributed by atoms with Gasteiger partial charge in [-0.05, 0) is 49.4 Å². The molecule has 1 heterocycles. The number of hydrogen-bond acceptors (Lipinski definition) is 3. The molecule has 0 bridgehead atoms. The van der Waals surface area contributed by atoms with E-state index in [1.165, 1.54) is 0 Å². The molecule has 1 aliphatic heterocycles. The van der Waals surface area contributed by atoms with E-state index < -0.39 is 0 Å². The van der Waals surface area contributed by atoms with Gasteiger partial charge in [-0.1, -0.05) is 13.8 Å². The normalized spacial score (nSPS) is 15.8. The zero-order valence-corrected chi connectivity index (χ0v) is 13.0. The first-order chi connectivity index (χ1) is 10.2. The van der Waals surface area contributed by atoms with Gasteiger partial charge in [-0.2, -0.15) is 0 Å². The number of likely N-dealkylation sites (tertiary alicyclic amines) is 1. The number of benzene rings is 1.